The minimum absolute atomic E-state index is 0.0703. The van der Waals surface area contributed by atoms with Crippen LogP contribution in [0.15, 0.2) is 48.5 Å². The number of benzene rings is 2. The number of carbonyl (C=O) groups is 2. The van der Waals surface area contributed by atoms with Crippen LogP contribution in [0.3, 0.4) is 0 Å². The molecule has 2 aliphatic rings. The Morgan fingerprint density at radius 1 is 1.06 bits per heavy atom. The van der Waals surface area contributed by atoms with Crippen molar-refractivity contribution in [1.82, 2.24) is 10.6 Å². The van der Waals surface area contributed by atoms with Crippen LogP contribution in [0.25, 0.3) is 11.1 Å². The van der Waals surface area contributed by atoms with E-state index in [9.17, 15) is 9.59 Å². The van der Waals surface area contributed by atoms with E-state index in [4.69, 9.17) is 4.74 Å². The first-order chi connectivity index (χ1) is 15.0. The third-order valence-corrected chi connectivity index (χ3v) is 6.25. The standard InChI is InChI=1S/C26H32N2O3/c1-18(2)27-24(29)20-8-5-7-19(16-20)23-9-4-3-6-21(23)17-26(12-14-31-15-13-26)25(30)28-22-10-11-22/h3-9,16,18,22H,10-15,17H2,1-2H3,(H,27,29)(H,28,30). The third kappa shape index (κ3) is 5.16. The molecule has 2 N–H and O–H groups in total. The molecule has 164 valence electrons. The fourth-order valence-electron chi connectivity index (χ4n) is 4.31. The summed E-state index contributed by atoms with van der Waals surface area (Å²) in [6.07, 6.45) is 4.31. The van der Waals surface area contributed by atoms with Gasteiger partial charge in [-0.25, -0.2) is 0 Å². The highest BCUT2D eigenvalue weighted by atomic mass is 16.5. The number of hydrogen-bond donors (Lipinski definition) is 2. The maximum Gasteiger partial charge on any atom is 0.251 e. The summed E-state index contributed by atoms with van der Waals surface area (Å²) in [7, 11) is 0. The Morgan fingerprint density at radius 3 is 2.52 bits per heavy atom. The highest BCUT2D eigenvalue weighted by Gasteiger charge is 2.42. The van der Waals surface area contributed by atoms with Gasteiger partial charge in [0.15, 0.2) is 0 Å². The van der Waals surface area contributed by atoms with E-state index in [1.54, 1.807) is 0 Å². The molecular formula is C26H32N2O3. The summed E-state index contributed by atoms with van der Waals surface area (Å²) in [6, 6.07) is 16.4. The summed E-state index contributed by atoms with van der Waals surface area (Å²) in [5, 5.41) is 6.20. The summed E-state index contributed by atoms with van der Waals surface area (Å²) in [5.74, 6) is 0.0946. The number of carbonyl (C=O) groups excluding carboxylic acids is 2. The lowest BCUT2D eigenvalue weighted by Crippen LogP contribution is -2.46. The van der Waals surface area contributed by atoms with Crippen LogP contribution in [0.5, 0.6) is 0 Å². The van der Waals surface area contributed by atoms with Crippen molar-refractivity contribution >= 4 is 11.8 Å². The van der Waals surface area contributed by atoms with Gasteiger partial charge in [0, 0.05) is 30.9 Å². The minimum Gasteiger partial charge on any atom is -0.381 e. The lowest BCUT2D eigenvalue weighted by molar-refractivity contribution is -0.136. The summed E-state index contributed by atoms with van der Waals surface area (Å²) >= 11 is 0. The molecule has 2 aromatic carbocycles. The van der Waals surface area contributed by atoms with Crippen molar-refractivity contribution < 1.29 is 14.3 Å². The Labute approximate surface area is 184 Å². The fourth-order valence-corrected chi connectivity index (χ4v) is 4.31. The van der Waals surface area contributed by atoms with E-state index >= 15 is 0 Å². The van der Waals surface area contributed by atoms with E-state index in [-0.39, 0.29) is 17.9 Å². The Hall–Kier alpha value is -2.66. The molecule has 1 aliphatic heterocycles. The predicted molar refractivity (Wildman–Crippen MR) is 122 cm³/mol. The number of nitrogens with one attached hydrogen (secondary N) is 2. The second-order valence-corrected chi connectivity index (χ2v) is 9.18. The molecule has 5 nitrogen and oxygen atoms in total. The fraction of sp³-hybridized carbons (Fsp3) is 0.462. The van der Waals surface area contributed by atoms with E-state index in [0.717, 1.165) is 42.4 Å². The first-order valence-electron chi connectivity index (χ1n) is 11.3. The molecule has 2 amide bonds. The first-order valence-corrected chi connectivity index (χ1v) is 11.3. The van der Waals surface area contributed by atoms with Gasteiger partial charge >= 0.3 is 0 Å². The van der Waals surface area contributed by atoms with Crippen LogP contribution in [0.2, 0.25) is 0 Å². The van der Waals surface area contributed by atoms with Crippen LogP contribution in [-0.2, 0) is 16.0 Å². The molecular weight excluding hydrogens is 388 g/mol. The first kappa shape index (κ1) is 21.6. The van der Waals surface area contributed by atoms with Crippen LogP contribution >= 0.6 is 0 Å². The van der Waals surface area contributed by atoms with Crippen molar-refractivity contribution in [3.05, 3.63) is 59.7 Å². The molecule has 0 radical (unpaired) electrons. The molecule has 1 saturated heterocycles. The van der Waals surface area contributed by atoms with Gasteiger partial charge in [-0.05, 0) is 74.8 Å². The summed E-state index contributed by atoms with van der Waals surface area (Å²) in [6.45, 7) is 5.14. The molecule has 1 saturated carbocycles. The Bertz CT molecular complexity index is 943. The van der Waals surface area contributed by atoms with Crippen molar-refractivity contribution in [1.29, 1.82) is 0 Å². The SMILES string of the molecule is CC(C)NC(=O)c1cccc(-c2ccccc2CC2(C(=O)NC3CC3)CCOCC2)c1. The Balaban J connectivity index is 1.63. The van der Waals surface area contributed by atoms with Crippen molar-refractivity contribution in [2.45, 2.75) is 58.0 Å². The van der Waals surface area contributed by atoms with Crippen LogP contribution in [0.1, 0.15) is 55.5 Å². The monoisotopic (exact) mass is 420 g/mol. The van der Waals surface area contributed by atoms with Gasteiger partial charge in [-0.15, -0.1) is 0 Å². The largest absolute Gasteiger partial charge is 0.381 e. The van der Waals surface area contributed by atoms with E-state index in [2.05, 4.69) is 22.8 Å². The van der Waals surface area contributed by atoms with E-state index in [1.165, 1.54) is 0 Å². The molecule has 2 aromatic rings. The molecule has 31 heavy (non-hydrogen) atoms. The summed E-state index contributed by atoms with van der Waals surface area (Å²) in [5.41, 5.74) is 3.41. The minimum atomic E-state index is -0.441. The normalized spacial score (nSPS) is 17.9. The average molecular weight is 421 g/mol. The number of amides is 2. The second kappa shape index (κ2) is 9.23. The van der Waals surface area contributed by atoms with Gasteiger partial charge < -0.3 is 15.4 Å². The smallest absolute Gasteiger partial charge is 0.251 e. The molecule has 2 fully saturated rings. The third-order valence-electron chi connectivity index (χ3n) is 6.25. The van der Waals surface area contributed by atoms with Crippen LogP contribution < -0.4 is 10.6 Å². The Morgan fingerprint density at radius 2 is 1.81 bits per heavy atom. The highest BCUT2D eigenvalue weighted by Crippen LogP contribution is 2.38. The van der Waals surface area contributed by atoms with E-state index < -0.39 is 5.41 Å². The average Bonchev–Trinajstić information content (AvgIpc) is 3.58. The van der Waals surface area contributed by atoms with Crippen molar-refractivity contribution in [3.8, 4) is 11.1 Å². The van der Waals surface area contributed by atoms with Crippen molar-refractivity contribution in [2.75, 3.05) is 13.2 Å². The van der Waals surface area contributed by atoms with Crippen molar-refractivity contribution in [2.24, 2.45) is 5.41 Å². The quantitative estimate of drug-likeness (QED) is 0.708. The van der Waals surface area contributed by atoms with Crippen LogP contribution in [-0.4, -0.2) is 37.1 Å². The molecule has 0 spiro atoms. The van der Waals surface area contributed by atoms with Gasteiger partial charge in [0.1, 0.15) is 0 Å². The maximum atomic E-state index is 13.2. The van der Waals surface area contributed by atoms with Gasteiger partial charge in [0.05, 0.1) is 5.41 Å². The van der Waals surface area contributed by atoms with E-state index in [1.807, 2.05) is 50.2 Å². The summed E-state index contributed by atoms with van der Waals surface area (Å²) < 4.78 is 5.60. The molecule has 1 aliphatic carbocycles. The van der Waals surface area contributed by atoms with Crippen LogP contribution in [0.4, 0.5) is 0 Å². The lowest BCUT2D eigenvalue weighted by atomic mass is 9.73. The van der Waals surface area contributed by atoms with Gasteiger partial charge in [0.25, 0.3) is 5.91 Å². The molecule has 0 bridgehead atoms. The topological polar surface area (TPSA) is 67.4 Å². The van der Waals surface area contributed by atoms with E-state index in [0.29, 0.717) is 31.2 Å². The number of hydrogen-bond acceptors (Lipinski definition) is 3. The Kier molecular flexibility index (Phi) is 6.42. The molecule has 0 unspecified atom stereocenters. The predicted octanol–water partition coefficient (Wildman–Crippen LogP) is 4.11. The van der Waals surface area contributed by atoms with Gasteiger partial charge in [0.2, 0.25) is 5.91 Å². The second-order valence-electron chi connectivity index (χ2n) is 9.18. The molecule has 4 rings (SSSR count). The molecule has 0 atom stereocenters. The zero-order valence-electron chi connectivity index (χ0n) is 18.4. The lowest BCUT2D eigenvalue weighted by Gasteiger charge is -2.36. The highest BCUT2D eigenvalue weighted by molar-refractivity contribution is 5.95. The molecule has 1 heterocycles. The molecule has 5 heteroatoms. The van der Waals surface area contributed by atoms with Gasteiger partial charge in [-0.3, -0.25) is 9.59 Å². The summed E-state index contributed by atoms with van der Waals surface area (Å²) in [4.78, 5) is 25.8. The zero-order chi connectivity index (χ0) is 21.8. The molecule has 0 aromatic heterocycles. The van der Waals surface area contributed by atoms with Gasteiger partial charge in [-0.1, -0.05) is 36.4 Å². The van der Waals surface area contributed by atoms with Crippen molar-refractivity contribution in [3.63, 3.8) is 0 Å². The number of rotatable bonds is 7. The van der Waals surface area contributed by atoms with Crippen LogP contribution in [0, 0.1) is 5.41 Å². The number of ether oxygens (including phenoxy) is 1. The zero-order valence-corrected chi connectivity index (χ0v) is 18.4. The van der Waals surface area contributed by atoms with Gasteiger partial charge in [-0.2, -0.15) is 0 Å². The maximum absolute atomic E-state index is 13.2.